The predicted octanol–water partition coefficient (Wildman–Crippen LogP) is 2.55. The molecule has 1 nitrogen and oxygen atoms in total. The zero-order valence-electron chi connectivity index (χ0n) is 7.73. The number of hydrogen-bond donors (Lipinski definition) is 0. The van der Waals surface area contributed by atoms with Crippen molar-refractivity contribution >= 4 is 5.78 Å². The average molecular weight is 164 g/mol. The van der Waals surface area contributed by atoms with E-state index in [1.54, 1.807) is 0 Å². The molecule has 0 amide bonds. The first kappa shape index (κ1) is 9.32. The lowest BCUT2D eigenvalue weighted by Crippen LogP contribution is -2.18. The Morgan fingerprint density at radius 3 is 3.00 bits per heavy atom. The van der Waals surface area contributed by atoms with Crippen LogP contribution in [0.4, 0.5) is 0 Å². The Hall–Kier alpha value is -0.770. The van der Waals surface area contributed by atoms with Crippen LogP contribution in [0.15, 0.2) is 0 Å². The molecule has 1 rings (SSSR count). The van der Waals surface area contributed by atoms with Gasteiger partial charge in [0.1, 0.15) is 5.78 Å². The molecule has 1 aliphatic carbocycles. The summed E-state index contributed by atoms with van der Waals surface area (Å²) in [5.74, 6) is 6.68. The van der Waals surface area contributed by atoms with Crippen molar-refractivity contribution in [3.8, 4) is 11.8 Å². The second-order valence-electron chi connectivity index (χ2n) is 3.37. The van der Waals surface area contributed by atoms with E-state index < -0.39 is 0 Å². The molecule has 0 radical (unpaired) electrons. The van der Waals surface area contributed by atoms with Crippen molar-refractivity contribution in [1.29, 1.82) is 0 Å². The van der Waals surface area contributed by atoms with Crippen LogP contribution in [0.5, 0.6) is 0 Å². The highest BCUT2D eigenvalue weighted by Gasteiger charge is 2.20. The van der Waals surface area contributed by atoms with Crippen molar-refractivity contribution in [3.05, 3.63) is 0 Å². The lowest BCUT2D eigenvalue weighted by Gasteiger charge is -2.18. The fourth-order valence-electron chi connectivity index (χ4n) is 1.73. The van der Waals surface area contributed by atoms with Gasteiger partial charge in [0.2, 0.25) is 0 Å². The van der Waals surface area contributed by atoms with Crippen LogP contribution in [0.2, 0.25) is 0 Å². The Morgan fingerprint density at radius 1 is 1.50 bits per heavy atom. The van der Waals surface area contributed by atoms with Crippen LogP contribution in [0.3, 0.4) is 0 Å². The lowest BCUT2D eigenvalue weighted by atomic mass is 9.85. The number of ketones is 1. The molecule has 1 fully saturated rings. The van der Waals surface area contributed by atoms with E-state index in [4.69, 9.17) is 0 Å². The normalized spacial score (nSPS) is 23.1. The Kier molecular flexibility index (Phi) is 3.87. The van der Waals surface area contributed by atoms with Gasteiger partial charge in [0.25, 0.3) is 0 Å². The minimum absolute atomic E-state index is 0.333. The van der Waals surface area contributed by atoms with E-state index in [1.807, 2.05) is 6.92 Å². The first-order valence-corrected chi connectivity index (χ1v) is 4.77. The van der Waals surface area contributed by atoms with Crippen molar-refractivity contribution < 1.29 is 4.79 Å². The van der Waals surface area contributed by atoms with Crippen LogP contribution < -0.4 is 0 Å². The van der Waals surface area contributed by atoms with Gasteiger partial charge in [-0.05, 0) is 26.2 Å². The van der Waals surface area contributed by atoms with Gasteiger partial charge in [0.15, 0.2) is 0 Å². The standard InChI is InChI=1S/C11H16O/c1-2-3-4-7-10-8-5-6-9-11(10)12/h10H,4-9H2,1H3. The maximum absolute atomic E-state index is 11.3. The van der Waals surface area contributed by atoms with Crippen LogP contribution in [0.25, 0.3) is 0 Å². The summed E-state index contributed by atoms with van der Waals surface area (Å²) in [7, 11) is 0. The number of carbonyl (C=O) groups is 1. The molecule has 1 atom stereocenters. The zero-order chi connectivity index (χ0) is 8.81. The molecule has 0 aliphatic heterocycles. The SMILES string of the molecule is CC#CCCC1CCCCC1=O. The van der Waals surface area contributed by atoms with E-state index in [2.05, 4.69) is 11.8 Å². The minimum Gasteiger partial charge on any atom is -0.299 e. The molecule has 0 saturated heterocycles. The first-order valence-electron chi connectivity index (χ1n) is 4.77. The smallest absolute Gasteiger partial charge is 0.136 e. The second-order valence-corrected chi connectivity index (χ2v) is 3.37. The minimum atomic E-state index is 0.333. The highest BCUT2D eigenvalue weighted by molar-refractivity contribution is 5.81. The highest BCUT2D eigenvalue weighted by Crippen LogP contribution is 2.23. The van der Waals surface area contributed by atoms with Gasteiger partial charge in [-0.1, -0.05) is 6.42 Å². The van der Waals surface area contributed by atoms with Gasteiger partial charge in [-0.3, -0.25) is 4.79 Å². The van der Waals surface area contributed by atoms with E-state index in [1.165, 1.54) is 6.42 Å². The molecule has 0 N–H and O–H groups in total. The molecule has 1 unspecified atom stereocenters. The molecular weight excluding hydrogens is 148 g/mol. The van der Waals surface area contributed by atoms with Crippen molar-refractivity contribution in [1.82, 2.24) is 0 Å². The van der Waals surface area contributed by atoms with Crippen molar-refractivity contribution in [2.24, 2.45) is 5.92 Å². The maximum Gasteiger partial charge on any atom is 0.136 e. The van der Waals surface area contributed by atoms with Gasteiger partial charge in [-0.15, -0.1) is 11.8 Å². The third-order valence-corrected chi connectivity index (χ3v) is 2.48. The summed E-state index contributed by atoms with van der Waals surface area (Å²) < 4.78 is 0. The van der Waals surface area contributed by atoms with Gasteiger partial charge in [-0.2, -0.15) is 0 Å². The molecule has 12 heavy (non-hydrogen) atoms. The lowest BCUT2D eigenvalue weighted by molar-refractivity contribution is -0.124. The summed E-state index contributed by atoms with van der Waals surface area (Å²) in [5.41, 5.74) is 0. The van der Waals surface area contributed by atoms with E-state index in [0.717, 1.165) is 32.1 Å². The number of Topliss-reactive ketones (excluding diaryl/α,β-unsaturated/α-hetero) is 1. The molecule has 0 bridgehead atoms. The number of carbonyl (C=O) groups excluding carboxylic acids is 1. The molecule has 1 aliphatic rings. The Balaban J connectivity index is 2.27. The second kappa shape index (κ2) is 4.98. The van der Waals surface area contributed by atoms with Gasteiger partial charge in [0, 0.05) is 18.8 Å². The van der Waals surface area contributed by atoms with Gasteiger partial charge in [-0.25, -0.2) is 0 Å². The van der Waals surface area contributed by atoms with E-state index in [0.29, 0.717) is 11.7 Å². The third kappa shape index (κ3) is 2.70. The predicted molar refractivity (Wildman–Crippen MR) is 49.6 cm³/mol. The third-order valence-electron chi connectivity index (χ3n) is 2.48. The molecule has 1 heteroatoms. The molecule has 0 heterocycles. The van der Waals surface area contributed by atoms with Crippen LogP contribution in [-0.2, 0) is 4.79 Å². The van der Waals surface area contributed by atoms with Gasteiger partial charge < -0.3 is 0 Å². The molecular formula is C11H16O. The van der Waals surface area contributed by atoms with E-state index >= 15 is 0 Å². The first-order chi connectivity index (χ1) is 5.84. The fraction of sp³-hybridized carbons (Fsp3) is 0.727. The summed E-state index contributed by atoms with van der Waals surface area (Å²) in [6.07, 6.45) is 6.13. The summed E-state index contributed by atoms with van der Waals surface area (Å²) in [5, 5.41) is 0. The molecule has 0 aromatic carbocycles. The topological polar surface area (TPSA) is 17.1 Å². The Labute approximate surface area is 74.5 Å². The fourth-order valence-corrected chi connectivity index (χ4v) is 1.73. The van der Waals surface area contributed by atoms with E-state index in [-0.39, 0.29) is 0 Å². The van der Waals surface area contributed by atoms with Crippen LogP contribution in [0, 0.1) is 17.8 Å². The number of hydrogen-bond acceptors (Lipinski definition) is 1. The largest absolute Gasteiger partial charge is 0.299 e. The summed E-state index contributed by atoms with van der Waals surface area (Å²) >= 11 is 0. The Morgan fingerprint density at radius 2 is 2.33 bits per heavy atom. The Bertz CT molecular complexity index is 207. The highest BCUT2D eigenvalue weighted by atomic mass is 16.1. The van der Waals surface area contributed by atoms with Crippen LogP contribution >= 0.6 is 0 Å². The summed E-state index contributed by atoms with van der Waals surface area (Å²) in [4.78, 5) is 11.3. The maximum atomic E-state index is 11.3. The molecule has 0 aromatic heterocycles. The molecule has 0 spiro atoms. The number of rotatable bonds is 2. The quantitative estimate of drug-likeness (QED) is 0.573. The molecule has 66 valence electrons. The van der Waals surface area contributed by atoms with Crippen LogP contribution in [0.1, 0.15) is 45.4 Å². The van der Waals surface area contributed by atoms with Crippen molar-refractivity contribution in [3.63, 3.8) is 0 Å². The monoisotopic (exact) mass is 164 g/mol. The molecule has 0 aromatic rings. The summed E-state index contributed by atoms with van der Waals surface area (Å²) in [6, 6.07) is 0. The van der Waals surface area contributed by atoms with Gasteiger partial charge in [0.05, 0.1) is 0 Å². The van der Waals surface area contributed by atoms with E-state index in [9.17, 15) is 4.79 Å². The van der Waals surface area contributed by atoms with Crippen LogP contribution in [-0.4, -0.2) is 5.78 Å². The van der Waals surface area contributed by atoms with Crippen molar-refractivity contribution in [2.75, 3.05) is 0 Å². The summed E-state index contributed by atoms with van der Waals surface area (Å²) in [6.45, 7) is 1.85. The van der Waals surface area contributed by atoms with Gasteiger partial charge >= 0.3 is 0 Å². The molecule has 1 saturated carbocycles. The zero-order valence-corrected chi connectivity index (χ0v) is 7.73. The van der Waals surface area contributed by atoms with Crippen molar-refractivity contribution in [2.45, 2.75) is 45.4 Å². The average Bonchev–Trinajstić information content (AvgIpc) is 2.09.